The lowest BCUT2D eigenvalue weighted by atomic mass is 10.2. The number of aliphatic hydroxyl groups excluding tert-OH is 1. The molecular formula is C17H20F2IN3O4S. The first kappa shape index (κ1) is 22.6. The van der Waals surface area contributed by atoms with Gasteiger partial charge >= 0.3 is 0 Å². The summed E-state index contributed by atoms with van der Waals surface area (Å²) in [5.74, 6) is -1.90. The average molecular weight is 527 g/mol. The number of benzene rings is 1. The monoisotopic (exact) mass is 527 g/mol. The molecule has 7 nitrogen and oxygen atoms in total. The van der Waals surface area contributed by atoms with Crippen molar-refractivity contribution in [2.24, 2.45) is 7.05 Å². The lowest BCUT2D eigenvalue weighted by molar-refractivity contribution is 0.284. The van der Waals surface area contributed by atoms with Gasteiger partial charge in [0.25, 0.3) is 5.56 Å². The molecule has 2 aromatic rings. The number of aromatic nitrogens is 1. The van der Waals surface area contributed by atoms with Crippen LogP contribution in [0.5, 0.6) is 0 Å². The van der Waals surface area contributed by atoms with Crippen LogP contribution in [0.2, 0.25) is 0 Å². The van der Waals surface area contributed by atoms with E-state index in [-0.39, 0.29) is 36.6 Å². The largest absolute Gasteiger partial charge is 0.396 e. The van der Waals surface area contributed by atoms with Gasteiger partial charge in [0.2, 0.25) is 10.0 Å². The van der Waals surface area contributed by atoms with Crippen molar-refractivity contribution in [3.8, 4) is 0 Å². The maximum Gasteiger partial charge on any atom is 0.287 e. The van der Waals surface area contributed by atoms with Crippen LogP contribution in [0.3, 0.4) is 0 Å². The number of rotatable bonds is 8. The standard InChI is InChI=1S/C17H20F2IN3O4S/c1-3-11(6-7-24)28(26,27)22-15-9-13(19)17(25)23(2)16(15)21-14-5-4-10(20)8-12(14)18/h4-5,8-9,11,21-22,24H,3,6-7H2,1-2H3. The maximum atomic E-state index is 14.2. The van der Waals surface area contributed by atoms with Crippen molar-refractivity contribution in [3.63, 3.8) is 0 Å². The van der Waals surface area contributed by atoms with Gasteiger partial charge in [0.15, 0.2) is 5.82 Å². The molecule has 0 saturated carbocycles. The zero-order valence-electron chi connectivity index (χ0n) is 15.2. The fraction of sp³-hybridized carbons (Fsp3) is 0.353. The summed E-state index contributed by atoms with van der Waals surface area (Å²) < 4.78 is 57.2. The second-order valence-electron chi connectivity index (χ2n) is 6.06. The maximum absolute atomic E-state index is 14.2. The van der Waals surface area contributed by atoms with Gasteiger partial charge < -0.3 is 10.4 Å². The zero-order valence-corrected chi connectivity index (χ0v) is 18.1. The van der Waals surface area contributed by atoms with E-state index >= 15 is 0 Å². The Morgan fingerprint density at radius 3 is 2.46 bits per heavy atom. The molecule has 11 heteroatoms. The molecule has 1 aromatic heterocycles. The van der Waals surface area contributed by atoms with Crippen molar-refractivity contribution in [2.45, 2.75) is 25.0 Å². The van der Waals surface area contributed by atoms with Crippen molar-refractivity contribution in [1.82, 2.24) is 4.57 Å². The number of nitrogens with zero attached hydrogens (tertiary/aromatic N) is 1. The van der Waals surface area contributed by atoms with E-state index in [2.05, 4.69) is 10.0 Å². The molecule has 0 fully saturated rings. The second-order valence-corrected chi connectivity index (χ2v) is 9.26. The number of pyridine rings is 1. The molecule has 1 aromatic carbocycles. The molecule has 0 aliphatic rings. The lowest BCUT2D eigenvalue weighted by Gasteiger charge is -2.21. The van der Waals surface area contributed by atoms with E-state index in [4.69, 9.17) is 5.11 Å². The van der Waals surface area contributed by atoms with Gasteiger partial charge in [-0.3, -0.25) is 14.1 Å². The van der Waals surface area contributed by atoms with Crippen LogP contribution in [-0.2, 0) is 17.1 Å². The van der Waals surface area contributed by atoms with E-state index in [1.54, 1.807) is 13.0 Å². The van der Waals surface area contributed by atoms with Crippen molar-refractivity contribution < 1.29 is 22.3 Å². The number of aliphatic hydroxyl groups is 1. The molecule has 154 valence electrons. The van der Waals surface area contributed by atoms with Gasteiger partial charge in [-0.1, -0.05) is 6.92 Å². The van der Waals surface area contributed by atoms with Crippen molar-refractivity contribution in [3.05, 3.63) is 49.8 Å². The molecule has 2 rings (SSSR count). The summed E-state index contributed by atoms with van der Waals surface area (Å²) in [6.07, 6.45) is 0.216. The minimum absolute atomic E-state index is 0.00537. The molecule has 3 N–H and O–H groups in total. The molecule has 0 bridgehead atoms. The average Bonchev–Trinajstić information content (AvgIpc) is 2.62. The number of hydrogen-bond donors (Lipinski definition) is 3. The van der Waals surface area contributed by atoms with E-state index in [0.29, 0.717) is 3.57 Å². The van der Waals surface area contributed by atoms with E-state index in [1.165, 1.54) is 19.2 Å². The molecule has 1 unspecified atom stereocenters. The summed E-state index contributed by atoms with van der Waals surface area (Å²) in [5.41, 5.74) is -1.25. The third-order valence-electron chi connectivity index (χ3n) is 4.15. The molecule has 28 heavy (non-hydrogen) atoms. The molecule has 0 amide bonds. The normalized spacial score (nSPS) is 12.6. The molecule has 1 atom stereocenters. The Balaban J connectivity index is 2.54. The third kappa shape index (κ3) is 5.00. The van der Waals surface area contributed by atoms with Gasteiger partial charge in [-0.05, 0) is 53.6 Å². The van der Waals surface area contributed by atoms with Gasteiger partial charge in [0.1, 0.15) is 11.6 Å². The van der Waals surface area contributed by atoms with E-state index < -0.39 is 32.5 Å². The van der Waals surface area contributed by atoms with Crippen LogP contribution < -0.4 is 15.6 Å². The number of sulfonamides is 1. The molecule has 0 saturated heterocycles. The first-order chi connectivity index (χ1) is 13.1. The van der Waals surface area contributed by atoms with Crippen LogP contribution in [0, 0.1) is 15.2 Å². The highest BCUT2D eigenvalue weighted by molar-refractivity contribution is 14.1. The number of anilines is 3. The van der Waals surface area contributed by atoms with E-state index in [9.17, 15) is 22.0 Å². The van der Waals surface area contributed by atoms with Crippen LogP contribution in [-0.4, -0.2) is 29.9 Å². The second kappa shape index (κ2) is 9.18. The highest BCUT2D eigenvalue weighted by atomic mass is 127. The van der Waals surface area contributed by atoms with Gasteiger partial charge in [-0.15, -0.1) is 0 Å². The SMILES string of the molecule is CCC(CCO)S(=O)(=O)Nc1cc(F)c(=O)n(C)c1Nc1ccc(I)cc1F. The summed E-state index contributed by atoms with van der Waals surface area (Å²) in [6, 6.07) is 5.04. The van der Waals surface area contributed by atoms with Gasteiger partial charge in [0.05, 0.1) is 16.6 Å². The fourth-order valence-corrected chi connectivity index (χ4v) is 4.54. The number of hydrogen-bond acceptors (Lipinski definition) is 5. The summed E-state index contributed by atoms with van der Waals surface area (Å²) in [7, 11) is -2.76. The summed E-state index contributed by atoms with van der Waals surface area (Å²) in [5, 5.41) is 10.8. The van der Waals surface area contributed by atoms with Gasteiger partial charge in [-0.25, -0.2) is 17.2 Å². The first-order valence-corrected chi connectivity index (χ1v) is 11.0. The Bertz CT molecular complexity index is 1030. The Morgan fingerprint density at radius 2 is 1.89 bits per heavy atom. The van der Waals surface area contributed by atoms with Crippen LogP contribution in [0.25, 0.3) is 0 Å². The smallest absolute Gasteiger partial charge is 0.287 e. The predicted octanol–water partition coefficient (Wildman–Crippen LogP) is 2.91. The van der Waals surface area contributed by atoms with Gasteiger partial charge in [0, 0.05) is 23.3 Å². The Labute approximate surface area is 175 Å². The molecule has 0 spiro atoms. The molecular weight excluding hydrogens is 507 g/mol. The molecule has 0 radical (unpaired) electrons. The summed E-state index contributed by atoms with van der Waals surface area (Å²) >= 11 is 1.93. The fourth-order valence-electron chi connectivity index (χ4n) is 2.61. The molecule has 1 heterocycles. The van der Waals surface area contributed by atoms with Crippen molar-refractivity contribution >= 4 is 49.8 Å². The topological polar surface area (TPSA) is 100 Å². The lowest BCUT2D eigenvalue weighted by Crippen LogP contribution is -2.30. The Hall–Kier alpha value is -1.73. The molecule has 0 aliphatic heterocycles. The predicted molar refractivity (Wildman–Crippen MR) is 112 cm³/mol. The minimum Gasteiger partial charge on any atom is -0.396 e. The number of nitrogens with one attached hydrogen (secondary N) is 2. The van der Waals surface area contributed by atoms with Gasteiger partial charge in [-0.2, -0.15) is 0 Å². The minimum atomic E-state index is -3.99. The number of halogens is 3. The Kier molecular flexibility index (Phi) is 7.39. The van der Waals surface area contributed by atoms with Crippen molar-refractivity contribution in [2.75, 3.05) is 16.6 Å². The quantitative estimate of drug-likeness (QED) is 0.459. The summed E-state index contributed by atoms with van der Waals surface area (Å²) in [4.78, 5) is 12.0. The summed E-state index contributed by atoms with van der Waals surface area (Å²) in [6.45, 7) is 1.31. The zero-order chi connectivity index (χ0) is 21.1. The third-order valence-corrected chi connectivity index (χ3v) is 6.77. The first-order valence-electron chi connectivity index (χ1n) is 8.34. The van der Waals surface area contributed by atoms with Crippen LogP contribution in [0.1, 0.15) is 19.8 Å². The Morgan fingerprint density at radius 1 is 1.21 bits per heavy atom. The van der Waals surface area contributed by atoms with E-state index in [1.807, 2.05) is 22.6 Å². The van der Waals surface area contributed by atoms with E-state index in [0.717, 1.165) is 10.6 Å². The van der Waals surface area contributed by atoms with Crippen LogP contribution in [0.4, 0.5) is 26.0 Å². The van der Waals surface area contributed by atoms with Crippen molar-refractivity contribution in [1.29, 1.82) is 0 Å². The highest BCUT2D eigenvalue weighted by Crippen LogP contribution is 2.28. The molecule has 0 aliphatic carbocycles. The highest BCUT2D eigenvalue weighted by Gasteiger charge is 2.26. The van der Waals surface area contributed by atoms with Crippen LogP contribution in [0.15, 0.2) is 29.1 Å². The van der Waals surface area contributed by atoms with Crippen LogP contribution >= 0.6 is 22.6 Å².